The molecule has 0 aliphatic heterocycles. The molecule has 0 saturated heterocycles. The van der Waals surface area contributed by atoms with Crippen LogP contribution in [0.1, 0.15) is 31.7 Å². The summed E-state index contributed by atoms with van der Waals surface area (Å²) in [5, 5.41) is 15.9. The normalized spacial score (nSPS) is 11.4. The highest BCUT2D eigenvalue weighted by Crippen LogP contribution is 2.15. The Bertz CT molecular complexity index is 503. The van der Waals surface area contributed by atoms with Crippen LogP contribution in [0.5, 0.6) is 0 Å². The van der Waals surface area contributed by atoms with Gasteiger partial charge in [0.05, 0.1) is 6.20 Å². The Labute approximate surface area is 111 Å². The molecule has 0 aliphatic rings. The van der Waals surface area contributed by atoms with E-state index in [2.05, 4.69) is 20.5 Å². The second-order valence-electron chi connectivity index (χ2n) is 3.94. The molecular formula is C11H18N6O2. The highest BCUT2D eigenvalue weighted by atomic mass is 16.7. The van der Waals surface area contributed by atoms with Gasteiger partial charge in [0.1, 0.15) is 18.6 Å². The van der Waals surface area contributed by atoms with E-state index in [0.717, 1.165) is 5.82 Å². The Balaban J connectivity index is 2.07. The van der Waals surface area contributed by atoms with Gasteiger partial charge in [-0.25, -0.2) is 4.68 Å². The number of hydrogen-bond donors (Lipinski definition) is 0. The third kappa shape index (κ3) is 3.36. The molecule has 0 N–H and O–H groups in total. The minimum Gasteiger partial charge on any atom is -0.347 e. The molecule has 8 nitrogen and oxygen atoms in total. The summed E-state index contributed by atoms with van der Waals surface area (Å²) >= 11 is 0. The van der Waals surface area contributed by atoms with Crippen LogP contribution < -0.4 is 0 Å². The highest BCUT2D eigenvalue weighted by Gasteiger charge is 2.16. The molecule has 0 amide bonds. The van der Waals surface area contributed by atoms with E-state index in [1.54, 1.807) is 17.2 Å². The molecule has 2 rings (SSSR count). The molecule has 0 aromatic carbocycles. The zero-order valence-electron chi connectivity index (χ0n) is 11.4. The van der Waals surface area contributed by atoms with Crippen molar-refractivity contribution < 1.29 is 9.47 Å². The third-order valence-electron chi connectivity index (χ3n) is 2.54. The number of nitrogens with zero attached hydrogens (tertiary/aromatic N) is 6. The lowest BCUT2D eigenvalue weighted by Gasteiger charge is -2.13. The molecule has 8 heteroatoms. The van der Waals surface area contributed by atoms with Crippen LogP contribution in [0.2, 0.25) is 0 Å². The van der Waals surface area contributed by atoms with Gasteiger partial charge < -0.3 is 14.0 Å². The van der Waals surface area contributed by atoms with Gasteiger partial charge in [-0.05, 0) is 13.8 Å². The van der Waals surface area contributed by atoms with Crippen LogP contribution in [0.25, 0.3) is 0 Å². The maximum absolute atomic E-state index is 5.47. The van der Waals surface area contributed by atoms with E-state index in [1.165, 1.54) is 0 Å². The highest BCUT2D eigenvalue weighted by molar-refractivity contribution is 4.96. The van der Waals surface area contributed by atoms with Crippen LogP contribution >= 0.6 is 0 Å². The van der Waals surface area contributed by atoms with Gasteiger partial charge in [-0.1, -0.05) is 5.21 Å². The van der Waals surface area contributed by atoms with Crippen molar-refractivity contribution in [1.82, 2.24) is 29.8 Å². The van der Waals surface area contributed by atoms with Gasteiger partial charge in [0.2, 0.25) is 6.29 Å². The fourth-order valence-corrected chi connectivity index (χ4v) is 1.62. The molecule has 19 heavy (non-hydrogen) atoms. The third-order valence-corrected chi connectivity index (χ3v) is 2.54. The maximum Gasteiger partial charge on any atom is 0.204 e. The second-order valence-corrected chi connectivity index (χ2v) is 3.94. The first-order valence-electron chi connectivity index (χ1n) is 6.20. The van der Waals surface area contributed by atoms with Gasteiger partial charge in [-0.3, -0.25) is 0 Å². The van der Waals surface area contributed by atoms with Crippen molar-refractivity contribution in [3.63, 3.8) is 0 Å². The largest absolute Gasteiger partial charge is 0.347 e. The van der Waals surface area contributed by atoms with E-state index in [1.807, 2.05) is 25.5 Å². The molecule has 0 unspecified atom stereocenters. The molecule has 2 aromatic heterocycles. The number of ether oxygens (including phenoxy) is 2. The summed E-state index contributed by atoms with van der Waals surface area (Å²) in [4.78, 5) is 0. The summed E-state index contributed by atoms with van der Waals surface area (Å²) in [6, 6.07) is 0. The fourth-order valence-electron chi connectivity index (χ4n) is 1.62. The Morgan fingerprint density at radius 1 is 1.21 bits per heavy atom. The molecule has 0 spiro atoms. The van der Waals surface area contributed by atoms with Crippen LogP contribution in [-0.2, 0) is 23.1 Å². The predicted octanol–water partition coefficient (Wildman–Crippen LogP) is 0.526. The van der Waals surface area contributed by atoms with Crippen LogP contribution in [-0.4, -0.2) is 43.0 Å². The molecule has 0 bridgehead atoms. The lowest BCUT2D eigenvalue weighted by atomic mass is 10.4. The molecule has 0 saturated carbocycles. The van der Waals surface area contributed by atoms with E-state index in [4.69, 9.17) is 9.47 Å². The summed E-state index contributed by atoms with van der Waals surface area (Å²) in [5.41, 5.74) is 0.658. The molecular weight excluding hydrogens is 248 g/mol. The Hall–Kier alpha value is -1.80. The lowest BCUT2D eigenvalue weighted by Crippen LogP contribution is -2.09. The summed E-state index contributed by atoms with van der Waals surface area (Å²) in [7, 11) is 1.89. The van der Waals surface area contributed by atoms with Crippen molar-refractivity contribution in [2.75, 3.05) is 13.2 Å². The standard InChI is InChI=1S/C11H18N6O2/c1-4-18-11(19-5-2)9-6-17(15-13-9)7-10-14-12-8-16(10)3/h6,8,11H,4-5,7H2,1-3H3. The van der Waals surface area contributed by atoms with Crippen LogP contribution in [0.4, 0.5) is 0 Å². The van der Waals surface area contributed by atoms with Gasteiger partial charge >= 0.3 is 0 Å². The topological polar surface area (TPSA) is 79.9 Å². The van der Waals surface area contributed by atoms with Gasteiger partial charge in [0, 0.05) is 20.3 Å². The van der Waals surface area contributed by atoms with Gasteiger partial charge in [-0.2, -0.15) is 0 Å². The average molecular weight is 266 g/mol. The van der Waals surface area contributed by atoms with Gasteiger partial charge in [0.15, 0.2) is 5.82 Å². The summed E-state index contributed by atoms with van der Waals surface area (Å²) in [5.74, 6) is 0.806. The van der Waals surface area contributed by atoms with Crippen LogP contribution in [0.15, 0.2) is 12.5 Å². The second kappa shape index (κ2) is 6.39. The molecule has 0 atom stereocenters. The SMILES string of the molecule is CCOC(OCC)c1cn(Cc2nncn2C)nn1. The van der Waals surface area contributed by atoms with Crippen molar-refractivity contribution in [1.29, 1.82) is 0 Å². The smallest absolute Gasteiger partial charge is 0.204 e. The van der Waals surface area contributed by atoms with E-state index in [0.29, 0.717) is 25.5 Å². The molecule has 2 aromatic rings. The minimum atomic E-state index is -0.469. The van der Waals surface area contributed by atoms with Crippen molar-refractivity contribution in [2.45, 2.75) is 26.7 Å². The zero-order chi connectivity index (χ0) is 13.7. The monoisotopic (exact) mass is 266 g/mol. The van der Waals surface area contributed by atoms with Crippen molar-refractivity contribution >= 4 is 0 Å². The maximum atomic E-state index is 5.47. The first-order chi connectivity index (χ1) is 9.24. The van der Waals surface area contributed by atoms with Crippen LogP contribution in [0.3, 0.4) is 0 Å². The van der Waals surface area contributed by atoms with E-state index in [9.17, 15) is 0 Å². The summed E-state index contributed by atoms with van der Waals surface area (Å²) in [6.45, 7) is 5.45. The molecule has 0 fully saturated rings. The van der Waals surface area contributed by atoms with E-state index < -0.39 is 6.29 Å². The lowest BCUT2D eigenvalue weighted by molar-refractivity contribution is -0.142. The van der Waals surface area contributed by atoms with Gasteiger partial charge in [-0.15, -0.1) is 15.3 Å². The average Bonchev–Trinajstić information content (AvgIpc) is 3.00. The number of hydrogen-bond acceptors (Lipinski definition) is 6. The number of aryl methyl sites for hydroxylation is 1. The fraction of sp³-hybridized carbons (Fsp3) is 0.636. The van der Waals surface area contributed by atoms with E-state index >= 15 is 0 Å². The van der Waals surface area contributed by atoms with E-state index in [-0.39, 0.29) is 0 Å². The van der Waals surface area contributed by atoms with Crippen molar-refractivity contribution in [2.24, 2.45) is 7.05 Å². The van der Waals surface area contributed by atoms with Crippen molar-refractivity contribution in [3.8, 4) is 0 Å². The molecule has 2 heterocycles. The Morgan fingerprint density at radius 3 is 2.53 bits per heavy atom. The Morgan fingerprint density at radius 2 is 1.95 bits per heavy atom. The first kappa shape index (κ1) is 13.6. The minimum absolute atomic E-state index is 0.469. The number of aromatic nitrogens is 6. The molecule has 104 valence electrons. The van der Waals surface area contributed by atoms with Gasteiger partial charge in [0.25, 0.3) is 0 Å². The summed E-state index contributed by atoms with van der Waals surface area (Å²) < 4.78 is 14.5. The summed E-state index contributed by atoms with van der Waals surface area (Å²) in [6.07, 6.45) is 2.98. The predicted molar refractivity (Wildman–Crippen MR) is 66.1 cm³/mol. The Kier molecular flexibility index (Phi) is 4.58. The van der Waals surface area contributed by atoms with Crippen molar-refractivity contribution in [3.05, 3.63) is 24.0 Å². The quantitative estimate of drug-likeness (QED) is 0.680. The molecule has 0 aliphatic carbocycles. The number of rotatable bonds is 7. The van der Waals surface area contributed by atoms with Crippen LogP contribution in [0, 0.1) is 0 Å². The zero-order valence-corrected chi connectivity index (χ0v) is 11.4. The molecule has 0 radical (unpaired) electrons. The first-order valence-corrected chi connectivity index (χ1v) is 6.20.